The molecule has 0 radical (unpaired) electrons. The Kier molecular flexibility index (Phi) is 40.5. The number of nitrogens with one attached hydrogen (secondary N) is 15. The highest BCUT2D eigenvalue weighted by Gasteiger charge is 2.51. The molecule has 16 unspecified atom stereocenters. The Labute approximate surface area is 793 Å². The van der Waals surface area contributed by atoms with E-state index in [4.69, 9.17) is 22.6 Å². The summed E-state index contributed by atoms with van der Waals surface area (Å²) in [5.74, 6) is -15.9. The normalized spacial score (nSPS) is 25.4. The molecule has 42 nitrogen and oxygen atoms in total. The van der Waals surface area contributed by atoms with Crippen molar-refractivity contribution in [3.05, 3.63) is 126 Å². The van der Waals surface area contributed by atoms with Gasteiger partial charge < -0.3 is 120 Å². The number of fused-ring (bicyclic) bond motifs is 5. The molecule has 5 heterocycles. The average molecular weight is 1910 g/mol. The number of hydrogen-bond acceptors (Lipinski definition) is 22. The van der Waals surface area contributed by atoms with Crippen LogP contribution in [-0.4, -0.2) is 312 Å². The van der Waals surface area contributed by atoms with Crippen molar-refractivity contribution in [2.24, 2.45) is 29.0 Å². The number of carbonyl (C=O) groups excluding carboxylic acids is 16. The Morgan fingerprint density at radius 2 is 1.11 bits per heavy atom. The van der Waals surface area contributed by atoms with Gasteiger partial charge in [0.2, 0.25) is 94.5 Å². The molecule has 2 saturated heterocycles. The third-order valence-electron chi connectivity index (χ3n) is 25.1. The van der Waals surface area contributed by atoms with Gasteiger partial charge >= 0.3 is 0 Å². The lowest BCUT2D eigenvalue weighted by molar-refractivity contribution is -0.149. The second-order valence-electron chi connectivity index (χ2n) is 35.7. The number of imidazole rings is 1. The maximum atomic E-state index is 15.7. The lowest BCUT2D eigenvalue weighted by atomic mass is 9.84. The topological polar surface area (TPSA) is 624 Å². The Morgan fingerprint density at radius 1 is 0.559 bits per heavy atom. The minimum atomic E-state index is -1.85. The van der Waals surface area contributed by atoms with Crippen molar-refractivity contribution in [1.82, 2.24) is 103 Å². The molecule has 3 fully saturated rings. The summed E-state index contributed by atoms with van der Waals surface area (Å²) in [6, 6.07) is 2.89. The first-order chi connectivity index (χ1) is 64.9. The molecule has 23 N–H and O–H groups in total. The minimum absolute atomic E-state index is 0.00140. The predicted octanol–water partition coefficient (Wildman–Crippen LogP) is -1.18. The molecule has 136 heavy (non-hydrogen) atoms. The molecule has 3 aliphatic rings. The summed E-state index contributed by atoms with van der Waals surface area (Å²) < 4.78 is 0. The monoisotopic (exact) mass is 1910 g/mol. The van der Waals surface area contributed by atoms with E-state index in [2.05, 4.69) is 78.4 Å². The number of unbranched alkanes of at least 4 members (excludes halogenated alkanes) is 2. The number of aromatic nitrogens is 4. The maximum Gasteiger partial charge on any atom is 0.245 e. The fourth-order valence-electron chi connectivity index (χ4n) is 17.6. The lowest BCUT2D eigenvalue weighted by Crippen LogP contribution is -2.62. The molecule has 3 aromatic heterocycles. The number of thioether (sulfide) groups is 1. The molecule has 3 aromatic carbocycles. The number of amides is 16. The van der Waals surface area contributed by atoms with E-state index < -0.39 is 229 Å². The standard InChI is InChI=1S/C93H134N24O18S/c1-10-12-32-73-86(129)106-63(31-23-35-99-93(96)97)82(125)112-71(81(124)102-46-77(95)120)49-136-50-79(122)105-67(37-54-24-15-14-16-25-54)89(132)114(7)53(5)80(123)108-69(42-76(94)119)91(134)117-72-34-22-17-26-55(72)40-75(117)87(130)107-65(41-58-45-98-51-103-58)84(127)109-66(36-52(3)4)88(131)113(6)47-78(121)104-64(38-56-43-100-61-29-20-18-27-59(56)61)83(126)111-70(48-118)85(128)110-68(39-57-44-101-62-30-21-19-28-60(57)62)90(133)116(9)74(33-13-11-2)92(135)115(73)8/h14-16,18-21,24-25,27-30,43-45,51-53,55,63-75,80,100-101,108,118,123H,10-13,17,22-23,26,31-42,46-50H2,1-9H3,(H2,94,119)(H2,95,120)(H,98,103)(H,102,124)(H,104,121)(H,105,122)(H,106,129)(H,107,130)(H,109,127)(H,110,128)(H,111,126)(H,112,125)(H4,96,97,99). The summed E-state index contributed by atoms with van der Waals surface area (Å²) >= 11 is 0.816. The second-order valence-corrected chi connectivity index (χ2v) is 36.8. The van der Waals surface area contributed by atoms with Crippen LogP contribution in [0, 0.1) is 17.2 Å². The fourth-order valence-corrected chi connectivity index (χ4v) is 18.5. The number of nitrogens with two attached hydrogens (primary N) is 3. The average Bonchev–Trinajstić information content (AvgIpc) is 1.62. The second kappa shape index (κ2) is 51.6. The number of carbonyl (C=O) groups is 16. The molecule has 2 aliphatic heterocycles. The number of nitrogens with zero attached hydrogens (tertiary/aromatic N) is 6. The van der Waals surface area contributed by atoms with Crippen molar-refractivity contribution in [1.29, 1.82) is 5.41 Å². The number of H-pyrrole nitrogens is 3. The van der Waals surface area contributed by atoms with Crippen LogP contribution in [0.3, 0.4) is 0 Å². The van der Waals surface area contributed by atoms with Crippen molar-refractivity contribution in [3.8, 4) is 0 Å². The van der Waals surface area contributed by atoms with E-state index in [0.29, 0.717) is 89.1 Å². The lowest BCUT2D eigenvalue weighted by Gasteiger charge is -2.38. The van der Waals surface area contributed by atoms with E-state index in [-0.39, 0.29) is 82.6 Å². The Bertz CT molecular complexity index is 5150. The number of aliphatic hydroxyl groups is 2. The molecule has 9 rings (SSSR count). The van der Waals surface area contributed by atoms with Crippen LogP contribution in [0.4, 0.5) is 0 Å². The van der Waals surface area contributed by atoms with E-state index in [9.17, 15) is 39.0 Å². The summed E-state index contributed by atoms with van der Waals surface area (Å²) in [4.78, 5) is 256. The highest BCUT2D eigenvalue weighted by atomic mass is 32.2. The van der Waals surface area contributed by atoms with E-state index in [1.165, 1.54) is 57.4 Å². The molecule has 1 aliphatic carbocycles. The number of para-hydroxylation sites is 2. The van der Waals surface area contributed by atoms with Gasteiger partial charge in [0.1, 0.15) is 72.7 Å². The van der Waals surface area contributed by atoms with Crippen molar-refractivity contribution >= 4 is 134 Å². The highest BCUT2D eigenvalue weighted by molar-refractivity contribution is 8.00. The largest absolute Gasteiger partial charge is 0.394 e. The van der Waals surface area contributed by atoms with Gasteiger partial charge in [-0.2, -0.15) is 0 Å². The molecule has 43 heteroatoms. The zero-order valence-corrected chi connectivity index (χ0v) is 79.4. The molecule has 16 amide bonds. The highest BCUT2D eigenvalue weighted by Crippen LogP contribution is 2.41. The van der Waals surface area contributed by atoms with Crippen LogP contribution < -0.4 is 75.7 Å². The van der Waals surface area contributed by atoms with Gasteiger partial charge in [-0.1, -0.05) is 133 Å². The van der Waals surface area contributed by atoms with Crippen molar-refractivity contribution in [2.45, 2.75) is 247 Å². The summed E-state index contributed by atoms with van der Waals surface area (Å²) in [6.45, 7) is 6.22. The SMILES string of the molecule is CCCCC1C(=O)N(C)C(CCCC)C(=O)NC(CCCNC(=N)N)C(=O)NC(C(=O)NCC(N)=O)CSCC(=O)NC(Cc2ccccc2)C(=O)N(C)C(C)C(O)NC(CC(N)=O)C(=O)N2C(CC3CCCCC32)C(=O)NC(Cc2cnc[nH]2)C(=O)NC(CC(C)C)C(=O)N(C)CC(=O)NC(Cc2c[nH]c3ccccc23)C(=O)NC(CO)C(=O)NC(Cc2c[nH]c3ccccc23)C(=O)N1C. The van der Waals surface area contributed by atoms with Gasteiger partial charge in [0.25, 0.3) is 0 Å². The first-order valence-electron chi connectivity index (χ1n) is 46.3. The quantitative estimate of drug-likeness (QED) is 0.0173. The van der Waals surface area contributed by atoms with Crippen LogP contribution >= 0.6 is 11.8 Å². The molecule has 0 bridgehead atoms. The molecule has 16 atom stereocenters. The van der Waals surface area contributed by atoms with Gasteiger partial charge in [0.05, 0.1) is 50.3 Å². The Morgan fingerprint density at radius 3 is 1.72 bits per heavy atom. The van der Waals surface area contributed by atoms with Crippen LogP contribution in [0.25, 0.3) is 21.8 Å². The van der Waals surface area contributed by atoms with Crippen molar-refractivity contribution in [2.75, 3.05) is 65.9 Å². The van der Waals surface area contributed by atoms with E-state index in [1.807, 2.05) is 13.8 Å². The van der Waals surface area contributed by atoms with Gasteiger partial charge in [-0.3, -0.25) is 87.4 Å². The zero-order valence-electron chi connectivity index (χ0n) is 78.6. The van der Waals surface area contributed by atoms with Gasteiger partial charge in [-0.25, -0.2) is 4.98 Å². The minimum Gasteiger partial charge on any atom is -0.394 e. The van der Waals surface area contributed by atoms with Crippen molar-refractivity contribution in [3.63, 3.8) is 0 Å². The van der Waals surface area contributed by atoms with Gasteiger partial charge in [0, 0.05) is 118 Å². The first-order valence-corrected chi connectivity index (χ1v) is 47.5. The van der Waals surface area contributed by atoms with Crippen LogP contribution in [0.15, 0.2) is 104 Å². The van der Waals surface area contributed by atoms with E-state index in [1.54, 1.807) is 105 Å². The third kappa shape index (κ3) is 30.0. The van der Waals surface area contributed by atoms with Gasteiger partial charge in [-0.05, 0) is 98.9 Å². The van der Waals surface area contributed by atoms with E-state index in [0.717, 1.165) is 32.9 Å². The predicted molar refractivity (Wildman–Crippen MR) is 507 cm³/mol. The maximum absolute atomic E-state index is 15.7. The van der Waals surface area contributed by atoms with Crippen LogP contribution in [0.2, 0.25) is 0 Å². The van der Waals surface area contributed by atoms with Gasteiger partial charge in [0.15, 0.2) is 5.96 Å². The fraction of sp³-hybridized carbons (Fsp3) is 0.548. The number of primary amides is 2. The Hall–Kier alpha value is -13.0. The molecule has 6 aromatic rings. The molecule has 740 valence electrons. The number of likely N-dealkylation sites (N-methyl/N-ethyl adjacent to an activating group) is 4. The molecule has 1 saturated carbocycles. The molecular weight excluding hydrogens is 1770 g/mol. The number of guanidine groups is 1. The third-order valence-corrected chi connectivity index (χ3v) is 26.1. The number of rotatable bonds is 26. The Balaban J connectivity index is 1.10. The summed E-state index contributed by atoms with van der Waals surface area (Å²) in [6.07, 6.45) is 6.67. The molecule has 0 spiro atoms. The van der Waals surface area contributed by atoms with Crippen LogP contribution in [0.1, 0.15) is 153 Å². The number of aliphatic hydroxyl groups excluding tert-OH is 2. The summed E-state index contributed by atoms with van der Waals surface area (Å²) in [7, 11) is 5.36. The summed E-state index contributed by atoms with van der Waals surface area (Å²) in [5, 5.41) is 62.4. The number of aromatic amines is 3. The van der Waals surface area contributed by atoms with Crippen LogP contribution in [-0.2, 0) is 102 Å². The smallest absolute Gasteiger partial charge is 0.245 e. The number of benzene rings is 3. The summed E-state index contributed by atoms with van der Waals surface area (Å²) in [5.41, 5.74) is 20.3. The number of hydrogen-bond donors (Lipinski definition) is 20. The first kappa shape index (κ1) is 107. The zero-order chi connectivity index (χ0) is 99.1. The van der Waals surface area contributed by atoms with Gasteiger partial charge in [-0.15, -0.1) is 11.8 Å². The van der Waals surface area contributed by atoms with Crippen molar-refractivity contribution < 1.29 is 86.9 Å². The molecular formula is C93H134N24O18S. The van der Waals surface area contributed by atoms with Crippen LogP contribution in [0.5, 0.6) is 0 Å². The van der Waals surface area contributed by atoms with E-state index >= 15 is 47.9 Å².